The average molecular weight is 255 g/mol. The molecule has 0 saturated carbocycles. The Morgan fingerprint density at radius 2 is 2.00 bits per heavy atom. The summed E-state index contributed by atoms with van der Waals surface area (Å²) in [5.74, 6) is 0.679. The van der Waals surface area contributed by atoms with Gasteiger partial charge in [0, 0.05) is 17.7 Å². The van der Waals surface area contributed by atoms with Crippen LogP contribution in [-0.4, -0.2) is 13.2 Å². The molecule has 1 saturated heterocycles. The van der Waals surface area contributed by atoms with E-state index >= 15 is 0 Å². The van der Waals surface area contributed by atoms with E-state index < -0.39 is 0 Å². The van der Waals surface area contributed by atoms with Gasteiger partial charge >= 0.3 is 0 Å². The summed E-state index contributed by atoms with van der Waals surface area (Å²) in [5.41, 5.74) is 2.78. The van der Waals surface area contributed by atoms with Crippen molar-refractivity contribution < 1.29 is 4.74 Å². The SMILES string of the molecule is Cc1cccc(C2CCOCC2)c1Br. The summed E-state index contributed by atoms with van der Waals surface area (Å²) in [5, 5.41) is 0. The second-order valence-electron chi connectivity index (χ2n) is 3.86. The molecule has 0 radical (unpaired) electrons. The van der Waals surface area contributed by atoms with Crippen molar-refractivity contribution in [3.8, 4) is 0 Å². The molecule has 0 aliphatic carbocycles. The fraction of sp³-hybridized carbons (Fsp3) is 0.500. The molecule has 1 aromatic carbocycles. The van der Waals surface area contributed by atoms with Gasteiger partial charge in [-0.05, 0) is 36.8 Å². The normalized spacial score (nSPS) is 18.4. The number of aryl methyl sites for hydroxylation is 1. The van der Waals surface area contributed by atoms with Crippen LogP contribution in [0.4, 0.5) is 0 Å². The summed E-state index contributed by atoms with van der Waals surface area (Å²) in [7, 11) is 0. The highest BCUT2D eigenvalue weighted by Gasteiger charge is 2.18. The Morgan fingerprint density at radius 3 is 2.71 bits per heavy atom. The number of halogens is 1. The molecular formula is C12H15BrO. The van der Waals surface area contributed by atoms with Gasteiger partial charge in [0.25, 0.3) is 0 Å². The highest BCUT2D eigenvalue weighted by molar-refractivity contribution is 9.10. The summed E-state index contributed by atoms with van der Waals surface area (Å²) in [6.07, 6.45) is 2.31. The first-order valence-electron chi connectivity index (χ1n) is 5.12. The van der Waals surface area contributed by atoms with Crippen LogP contribution < -0.4 is 0 Å². The zero-order valence-electron chi connectivity index (χ0n) is 8.42. The molecular weight excluding hydrogens is 240 g/mol. The molecule has 1 aliphatic heterocycles. The lowest BCUT2D eigenvalue weighted by molar-refractivity contribution is 0.0852. The van der Waals surface area contributed by atoms with E-state index in [4.69, 9.17) is 4.74 Å². The highest BCUT2D eigenvalue weighted by Crippen LogP contribution is 2.33. The molecule has 2 rings (SSSR count). The highest BCUT2D eigenvalue weighted by atomic mass is 79.9. The summed E-state index contributed by atoms with van der Waals surface area (Å²) in [6.45, 7) is 3.96. The van der Waals surface area contributed by atoms with Gasteiger partial charge in [-0.3, -0.25) is 0 Å². The van der Waals surface area contributed by atoms with E-state index in [1.165, 1.54) is 15.6 Å². The monoisotopic (exact) mass is 254 g/mol. The van der Waals surface area contributed by atoms with Crippen molar-refractivity contribution in [3.05, 3.63) is 33.8 Å². The molecule has 0 bridgehead atoms. The molecule has 1 heterocycles. The summed E-state index contributed by atoms with van der Waals surface area (Å²) in [4.78, 5) is 0. The molecule has 14 heavy (non-hydrogen) atoms. The van der Waals surface area contributed by atoms with Crippen molar-refractivity contribution in [3.63, 3.8) is 0 Å². The average Bonchev–Trinajstić information content (AvgIpc) is 2.23. The Bertz CT molecular complexity index is 316. The van der Waals surface area contributed by atoms with Crippen molar-refractivity contribution in [2.24, 2.45) is 0 Å². The Labute approximate surface area is 93.6 Å². The molecule has 0 unspecified atom stereocenters. The lowest BCUT2D eigenvalue weighted by atomic mass is 9.91. The van der Waals surface area contributed by atoms with Crippen LogP contribution >= 0.6 is 15.9 Å². The standard InChI is InChI=1S/C12H15BrO/c1-9-3-2-4-11(12(9)13)10-5-7-14-8-6-10/h2-4,10H,5-8H2,1H3. The van der Waals surface area contributed by atoms with E-state index in [0.717, 1.165) is 26.1 Å². The van der Waals surface area contributed by atoms with Gasteiger partial charge in [0.1, 0.15) is 0 Å². The molecule has 1 nitrogen and oxygen atoms in total. The third-order valence-corrected chi connectivity index (χ3v) is 3.97. The first-order valence-corrected chi connectivity index (χ1v) is 5.91. The van der Waals surface area contributed by atoms with Crippen LogP contribution in [-0.2, 0) is 4.74 Å². The zero-order valence-corrected chi connectivity index (χ0v) is 10.0. The Morgan fingerprint density at radius 1 is 1.29 bits per heavy atom. The molecule has 76 valence electrons. The molecule has 1 fully saturated rings. The molecule has 0 amide bonds. The third-order valence-electron chi connectivity index (χ3n) is 2.88. The number of benzene rings is 1. The fourth-order valence-electron chi connectivity index (χ4n) is 1.99. The lowest BCUT2D eigenvalue weighted by Gasteiger charge is -2.23. The molecule has 1 aromatic rings. The molecule has 0 aromatic heterocycles. The van der Waals surface area contributed by atoms with Crippen molar-refractivity contribution in [1.82, 2.24) is 0 Å². The topological polar surface area (TPSA) is 9.23 Å². The van der Waals surface area contributed by atoms with E-state index in [-0.39, 0.29) is 0 Å². The minimum atomic E-state index is 0.679. The smallest absolute Gasteiger partial charge is 0.0471 e. The number of ether oxygens (including phenoxy) is 1. The van der Waals surface area contributed by atoms with Crippen LogP contribution in [0, 0.1) is 6.92 Å². The maximum absolute atomic E-state index is 5.38. The second-order valence-corrected chi connectivity index (χ2v) is 4.66. The predicted octanol–water partition coefficient (Wildman–Crippen LogP) is 3.65. The van der Waals surface area contributed by atoms with E-state index in [2.05, 4.69) is 41.1 Å². The van der Waals surface area contributed by atoms with Gasteiger partial charge in [0.15, 0.2) is 0 Å². The van der Waals surface area contributed by atoms with E-state index in [1.807, 2.05) is 0 Å². The second kappa shape index (κ2) is 4.45. The van der Waals surface area contributed by atoms with Gasteiger partial charge in [0.05, 0.1) is 0 Å². The first kappa shape index (κ1) is 10.2. The molecule has 1 aliphatic rings. The first-order chi connectivity index (χ1) is 6.79. The van der Waals surface area contributed by atoms with Crippen molar-refractivity contribution in [2.75, 3.05) is 13.2 Å². The quantitative estimate of drug-likeness (QED) is 0.744. The van der Waals surface area contributed by atoms with Crippen LogP contribution in [0.25, 0.3) is 0 Å². The van der Waals surface area contributed by atoms with E-state index in [1.54, 1.807) is 0 Å². The summed E-state index contributed by atoms with van der Waals surface area (Å²) in [6, 6.07) is 6.52. The minimum absolute atomic E-state index is 0.679. The van der Waals surface area contributed by atoms with Gasteiger partial charge in [-0.15, -0.1) is 0 Å². The molecule has 0 N–H and O–H groups in total. The number of rotatable bonds is 1. The van der Waals surface area contributed by atoms with Gasteiger partial charge in [-0.25, -0.2) is 0 Å². The Balaban J connectivity index is 2.26. The van der Waals surface area contributed by atoms with Gasteiger partial charge in [-0.1, -0.05) is 34.1 Å². The van der Waals surface area contributed by atoms with Crippen molar-refractivity contribution in [2.45, 2.75) is 25.7 Å². The summed E-state index contributed by atoms with van der Waals surface area (Å²) >= 11 is 3.67. The van der Waals surface area contributed by atoms with Crippen LogP contribution in [0.1, 0.15) is 29.9 Å². The zero-order chi connectivity index (χ0) is 9.97. The Kier molecular flexibility index (Phi) is 3.24. The van der Waals surface area contributed by atoms with Gasteiger partial charge in [0.2, 0.25) is 0 Å². The van der Waals surface area contributed by atoms with Crippen LogP contribution in [0.15, 0.2) is 22.7 Å². The van der Waals surface area contributed by atoms with Gasteiger partial charge < -0.3 is 4.74 Å². The largest absolute Gasteiger partial charge is 0.381 e. The minimum Gasteiger partial charge on any atom is -0.381 e. The van der Waals surface area contributed by atoms with Crippen LogP contribution in [0.2, 0.25) is 0 Å². The molecule has 0 spiro atoms. The maximum Gasteiger partial charge on any atom is 0.0471 e. The third kappa shape index (κ3) is 2.01. The molecule has 2 heteroatoms. The van der Waals surface area contributed by atoms with Crippen LogP contribution in [0.5, 0.6) is 0 Å². The predicted molar refractivity (Wildman–Crippen MR) is 61.7 cm³/mol. The fourth-order valence-corrected chi connectivity index (χ4v) is 2.58. The maximum atomic E-state index is 5.38. The number of hydrogen-bond donors (Lipinski definition) is 0. The molecule has 0 atom stereocenters. The van der Waals surface area contributed by atoms with E-state index in [9.17, 15) is 0 Å². The Hall–Kier alpha value is -0.340. The van der Waals surface area contributed by atoms with Crippen molar-refractivity contribution >= 4 is 15.9 Å². The van der Waals surface area contributed by atoms with E-state index in [0.29, 0.717) is 5.92 Å². The summed E-state index contributed by atoms with van der Waals surface area (Å²) < 4.78 is 6.66. The lowest BCUT2D eigenvalue weighted by Crippen LogP contribution is -2.14. The van der Waals surface area contributed by atoms with Crippen LogP contribution in [0.3, 0.4) is 0 Å². The van der Waals surface area contributed by atoms with Gasteiger partial charge in [-0.2, -0.15) is 0 Å². The number of hydrogen-bond acceptors (Lipinski definition) is 1. The van der Waals surface area contributed by atoms with Crippen molar-refractivity contribution in [1.29, 1.82) is 0 Å².